The molecule has 26 aromatic rings. The number of rotatable bonds is 16. The summed E-state index contributed by atoms with van der Waals surface area (Å²) in [5.41, 5.74) is 30.5. The van der Waals surface area contributed by atoms with Crippen LogP contribution in [0.15, 0.2) is 504 Å². The summed E-state index contributed by atoms with van der Waals surface area (Å²) < 4.78 is 19.1. The predicted octanol–water partition coefficient (Wildman–Crippen LogP) is 37.9. The number of nitrogens with zero attached hydrogens (tertiary/aromatic N) is 4. The summed E-state index contributed by atoms with van der Waals surface area (Å²) in [5.74, 6) is 0. The van der Waals surface area contributed by atoms with Crippen LogP contribution in [0.5, 0.6) is 0 Å². The van der Waals surface area contributed by atoms with Crippen molar-refractivity contribution in [2.45, 2.75) is 15.2 Å². The van der Waals surface area contributed by atoms with Crippen LogP contribution in [0, 0.1) is 0 Å². The maximum Gasteiger partial charge on any atom is 0.138 e. The second-order valence-corrected chi connectivity index (χ2v) is 39.3. The fourth-order valence-electron chi connectivity index (χ4n) is 22.3. The molecule has 0 N–H and O–H groups in total. The van der Waals surface area contributed by atoms with Crippen LogP contribution in [0.4, 0.5) is 68.2 Å². The largest absolute Gasteiger partial charge is 0.456 e. The van der Waals surface area contributed by atoms with E-state index in [1.807, 2.05) is 34.4 Å². The standard InChI is InChI=1S/C129H80N4O2S3/c1-7-33-83(34-8-1)105-71-99(77-119-125(105)103-49-23-27-51-117(103)134-119)132(91-43-15-5-16-44-91)95-61-65-115-123(79-95)136-124-80-96(133(92-45-17-6-18-46-92)100-72-106(84-35-9-2-10-36-84)126-104-50-24-28-52-118(104)135-120(126)78-100)62-66-116(124)129(115)113-63-59-93(130(89-39-11-3-12-40-89)97-73-107(87-57-55-81-31-19-21-37-85(81)67-87)127-111(75-97)101-47-25-29-53-121(101)137-127)69-109(113)110-70-94(60-64-114(110)129)131(90-41-13-4-14-42-90)98-74-108(88-58-56-82-32-20-22-38-86(82)68-88)128-112(76-98)102-48-26-30-54-122(102)138-128/h1-80H. The van der Waals surface area contributed by atoms with Gasteiger partial charge in [0.1, 0.15) is 22.3 Å². The summed E-state index contributed by atoms with van der Waals surface area (Å²) in [4.78, 5) is 12.1. The van der Waals surface area contributed by atoms with Gasteiger partial charge in [-0.2, -0.15) is 0 Å². The zero-order valence-corrected chi connectivity index (χ0v) is 77.0. The second kappa shape index (κ2) is 32.1. The molecule has 646 valence electrons. The zero-order valence-electron chi connectivity index (χ0n) is 74.5. The lowest BCUT2D eigenvalue weighted by molar-refractivity contribution is 0.668. The quantitative estimate of drug-likeness (QED) is 0.0954. The van der Waals surface area contributed by atoms with Gasteiger partial charge < -0.3 is 28.4 Å². The van der Waals surface area contributed by atoms with Crippen molar-refractivity contribution >= 4 is 208 Å². The number of thiophene rings is 2. The molecule has 1 aliphatic heterocycles. The molecule has 138 heavy (non-hydrogen) atoms. The van der Waals surface area contributed by atoms with Crippen LogP contribution in [-0.4, -0.2) is 0 Å². The third kappa shape index (κ3) is 12.8. The van der Waals surface area contributed by atoms with E-state index < -0.39 is 5.41 Å². The molecule has 0 bridgehead atoms. The molecule has 1 spiro atoms. The van der Waals surface area contributed by atoms with Crippen LogP contribution < -0.4 is 19.6 Å². The van der Waals surface area contributed by atoms with E-state index in [-0.39, 0.29) is 0 Å². The van der Waals surface area contributed by atoms with Gasteiger partial charge in [0.2, 0.25) is 0 Å². The van der Waals surface area contributed by atoms with Gasteiger partial charge >= 0.3 is 0 Å². The SMILES string of the molecule is c1ccc(-c2cc(N(c3ccccc3)c3ccc4c(c3)Sc3cc(N(c5ccccc5)c5cc(-c6ccccc6)c6c(c5)oc5ccccc56)ccc3C43c4ccc(N(c5ccccc5)c5cc(-c6ccc7ccccc7c6)c6sc7ccccc7c6c5)cc4-c4cc(N(c5ccccc5)c5cc(-c6ccc7ccccc7c6)c6sc7ccccc7c6c5)ccc43)cc3oc4ccccc4c23)cc1. The minimum atomic E-state index is -0.976. The Balaban J connectivity index is 0.721. The summed E-state index contributed by atoms with van der Waals surface area (Å²) in [5, 5.41) is 14.0. The van der Waals surface area contributed by atoms with E-state index in [4.69, 9.17) is 8.83 Å². The van der Waals surface area contributed by atoms with Crippen molar-refractivity contribution < 1.29 is 8.83 Å². The number of anilines is 12. The summed E-state index contributed by atoms with van der Waals surface area (Å²) in [7, 11) is 0. The van der Waals surface area contributed by atoms with Gasteiger partial charge in [-0.25, -0.2) is 0 Å². The van der Waals surface area contributed by atoms with E-state index in [9.17, 15) is 0 Å². The third-order valence-electron chi connectivity index (χ3n) is 28.3. The lowest BCUT2D eigenvalue weighted by atomic mass is 9.67. The van der Waals surface area contributed by atoms with E-state index in [1.54, 1.807) is 0 Å². The van der Waals surface area contributed by atoms with Gasteiger partial charge in [-0.05, 0) is 258 Å². The van der Waals surface area contributed by atoms with Gasteiger partial charge in [0.25, 0.3) is 0 Å². The highest BCUT2D eigenvalue weighted by atomic mass is 32.2. The predicted molar refractivity (Wildman–Crippen MR) is 584 cm³/mol. The molecule has 0 fully saturated rings. The van der Waals surface area contributed by atoms with Crippen molar-refractivity contribution in [2.75, 3.05) is 19.6 Å². The van der Waals surface area contributed by atoms with Crippen LogP contribution in [0.2, 0.25) is 0 Å². The summed E-state index contributed by atoms with van der Waals surface area (Å²) in [6.45, 7) is 0. The molecule has 0 radical (unpaired) electrons. The first kappa shape index (κ1) is 79.5. The van der Waals surface area contributed by atoms with Crippen molar-refractivity contribution in [2.24, 2.45) is 0 Å². The average molecular weight is 1810 g/mol. The number of hydrogen-bond donors (Lipinski definition) is 0. The molecule has 9 heteroatoms. The summed E-state index contributed by atoms with van der Waals surface area (Å²) in [6.07, 6.45) is 0. The number of para-hydroxylation sites is 6. The van der Waals surface area contributed by atoms with Gasteiger partial charge in [-0.1, -0.05) is 315 Å². The Morgan fingerprint density at radius 3 is 0.891 bits per heavy atom. The molecular formula is C129H80N4O2S3. The fourth-order valence-corrected chi connectivity index (χ4v) is 26.0. The smallest absolute Gasteiger partial charge is 0.138 e. The molecule has 4 aromatic heterocycles. The van der Waals surface area contributed by atoms with Gasteiger partial charge in [0, 0.05) is 152 Å². The zero-order chi connectivity index (χ0) is 90.6. The fraction of sp³-hybridized carbons (Fsp3) is 0.00775. The van der Waals surface area contributed by atoms with Crippen molar-refractivity contribution in [3.8, 4) is 55.6 Å². The Kier molecular flexibility index (Phi) is 18.5. The van der Waals surface area contributed by atoms with E-state index >= 15 is 0 Å². The average Bonchev–Trinajstić information content (AvgIpc) is 1.54. The van der Waals surface area contributed by atoms with Crippen LogP contribution >= 0.6 is 34.4 Å². The molecule has 2 aliphatic rings. The van der Waals surface area contributed by atoms with Crippen molar-refractivity contribution in [1.82, 2.24) is 0 Å². The molecule has 22 aromatic carbocycles. The minimum absolute atomic E-state index is 0.811. The second-order valence-electron chi connectivity index (χ2n) is 36.1. The van der Waals surface area contributed by atoms with E-state index in [1.165, 1.54) is 106 Å². The Morgan fingerprint density at radius 2 is 0.493 bits per heavy atom. The van der Waals surface area contributed by atoms with Gasteiger partial charge in [-0.3, -0.25) is 0 Å². The molecule has 1 aliphatic carbocycles. The van der Waals surface area contributed by atoms with Crippen molar-refractivity contribution in [1.29, 1.82) is 0 Å². The Hall–Kier alpha value is -17.1. The molecule has 0 atom stereocenters. The molecule has 28 rings (SSSR count). The van der Waals surface area contributed by atoms with Crippen LogP contribution in [0.25, 0.3) is 161 Å². The lowest BCUT2D eigenvalue weighted by Crippen LogP contribution is -2.32. The molecular weight excluding hydrogens is 1730 g/mol. The summed E-state index contributed by atoms with van der Waals surface area (Å²) in [6, 6.07) is 180. The number of fused-ring (bicyclic) bond motifs is 23. The minimum Gasteiger partial charge on any atom is -0.456 e. The molecule has 6 nitrogen and oxygen atoms in total. The first-order valence-corrected chi connectivity index (χ1v) is 49.4. The van der Waals surface area contributed by atoms with Gasteiger partial charge in [-0.15, -0.1) is 22.7 Å². The Bertz CT molecular complexity index is 8880. The van der Waals surface area contributed by atoms with E-state index in [0.29, 0.717) is 0 Å². The molecule has 0 unspecified atom stereocenters. The van der Waals surface area contributed by atoms with Crippen LogP contribution in [0.3, 0.4) is 0 Å². The lowest BCUT2D eigenvalue weighted by Gasteiger charge is -2.41. The highest BCUT2D eigenvalue weighted by Gasteiger charge is 2.51. The highest BCUT2D eigenvalue weighted by molar-refractivity contribution is 7.99. The highest BCUT2D eigenvalue weighted by Crippen LogP contribution is 2.66. The first-order valence-electron chi connectivity index (χ1n) is 46.9. The number of furan rings is 2. The molecule has 5 heterocycles. The normalized spacial score (nSPS) is 12.5. The van der Waals surface area contributed by atoms with E-state index in [0.717, 1.165) is 155 Å². The van der Waals surface area contributed by atoms with Crippen LogP contribution in [0.1, 0.15) is 22.3 Å². The molecule has 0 saturated heterocycles. The third-order valence-corrected chi connectivity index (χ3v) is 31.9. The summed E-state index contributed by atoms with van der Waals surface area (Å²) >= 11 is 5.60. The Morgan fingerprint density at radius 1 is 0.181 bits per heavy atom. The first-order chi connectivity index (χ1) is 68.4. The topological polar surface area (TPSA) is 39.2 Å². The van der Waals surface area contributed by atoms with Crippen LogP contribution in [-0.2, 0) is 5.41 Å². The van der Waals surface area contributed by atoms with Crippen molar-refractivity contribution in [3.05, 3.63) is 508 Å². The van der Waals surface area contributed by atoms with Gasteiger partial charge in [0.05, 0.1) is 16.8 Å². The maximum absolute atomic E-state index is 7.03. The number of hydrogen-bond acceptors (Lipinski definition) is 9. The maximum atomic E-state index is 7.03. The Labute approximate surface area is 808 Å². The van der Waals surface area contributed by atoms with E-state index in [2.05, 4.69) is 505 Å². The molecule has 0 amide bonds. The van der Waals surface area contributed by atoms with Crippen molar-refractivity contribution in [3.63, 3.8) is 0 Å². The molecule has 0 saturated carbocycles. The number of benzene rings is 22. The van der Waals surface area contributed by atoms with Gasteiger partial charge in [0.15, 0.2) is 0 Å². The monoisotopic (exact) mass is 1810 g/mol.